The van der Waals surface area contributed by atoms with E-state index in [4.69, 9.17) is 5.73 Å². The lowest BCUT2D eigenvalue weighted by atomic mass is 9.79. The fraction of sp³-hybridized carbons (Fsp3) is 0.778. The van der Waals surface area contributed by atoms with E-state index >= 15 is 0 Å². The summed E-state index contributed by atoms with van der Waals surface area (Å²) in [4.78, 5) is 10.5. The molecule has 2 N–H and O–H groups in total. The molecule has 12 heavy (non-hydrogen) atoms. The summed E-state index contributed by atoms with van der Waals surface area (Å²) >= 11 is 0. The Hall–Kier alpha value is -0.860. The first-order valence-electron chi connectivity index (χ1n) is 4.62. The van der Waals surface area contributed by atoms with Crippen molar-refractivity contribution in [2.24, 2.45) is 22.7 Å². The lowest BCUT2D eigenvalue weighted by Gasteiger charge is -2.27. The Morgan fingerprint density at radius 1 is 1.42 bits per heavy atom. The molecule has 3 atom stereocenters. The normalized spacial score (nSPS) is 40.3. The van der Waals surface area contributed by atoms with Gasteiger partial charge in [-0.3, -0.25) is 0 Å². The molecular weight excluding hydrogens is 152 g/mol. The minimum atomic E-state index is -0.129. The molecule has 66 valence electrons. The molecule has 0 spiro atoms. The summed E-state index contributed by atoms with van der Waals surface area (Å²) in [5.74, 6) is 0.887. The van der Waals surface area contributed by atoms with Crippen LogP contribution in [0.15, 0.2) is 16.9 Å². The van der Waals surface area contributed by atoms with E-state index in [0.717, 1.165) is 18.5 Å². The summed E-state index contributed by atoms with van der Waals surface area (Å²) in [5.41, 5.74) is 6.72. The van der Waals surface area contributed by atoms with Crippen LogP contribution in [0.2, 0.25) is 0 Å². The third kappa shape index (κ3) is 1.04. The van der Waals surface area contributed by atoms with E-state index < -0.39 is 0 Å². The van der Waals surface area contributed by atoms with Crippen molar-refractivity contribution in [3.8, 4) is 0 Å². The average Bonchev–Trinajstić information content (AvgIpc) is 2.44. The number of allylic oxidation sites excluding steroid dienone is 1. The van der Waals surface area contributed by atoms with Crippen LogP contribution in [0.1, 0.15) is 25.7 Å². The van der Waals surface area contributed by atoms with E-state index in [2.05, 4.69) is 5.18 Å². The zero-order chi connectivity index (χ0) is 8.55. The molecule has 3 heteroatoms. The van der Waals surface area contributed by atoms with Gasteiger partial charge in [0.25, 0.3) is 0 Å². The Morgan fingerprint density at radius 2 is 2.17 bits per heavy atom. The molecule has 2 aliphatic rings. The largest absolute Gasteiger partial charge is 0.402 e. The van der Waals surface area contributed by atoms with E-state index in [0.29, 0.717) is 11.8 Å². The zero-order valence-corrected chi connectivity index (χ0v) is 7.07. The van der Waals surface area contributed by atoms with Gasteiger partial charge >= 0.3 is 0 Å². The average molecular weight is 166 g/mol. The maximum absolute atomic E-state index is 10.5. The van der Waals surface area contributed by atoms with Crippen LogP contribution in [0, 0.1) is 16.7 Å². The highest BCUT2D eigenvalue weighted by Crippen LogP contribution is 2.41. The fourth-order valence-corrected chi connectivity index (χ4v) is 2.54. The molecule has 0 amide bonds. The molecule has 3 nitrogen and oxygen atoms in total. The molecule has 1 saturated carbocycles. The van der Waals surface area contributed by atoms with Gasteiger partial charge in [0, 0.05) is 11.6 Å². The smallest absolute Gasteiger partial charge is 0.115 e. The quantitative estimate of drug-likeness (QED) is 0.604. The summed E-state index contributed by atoms with van der Waals surface area (Å²) < 4.78 is 0. The molecule has 0 aromatic rings. The van der Waals surface area contributed by atoms with E-state index in [1.807, 2.05) is 6.08 Å². The van der Waals surface area contributed by atoms with Gasteiger partial charge < -0.3 is 5.73 Å². The molecule has 3 unspecified atom stereocenters. The highest BCUT2D eigenvalue weighted by Gasteiger charge is 2.38. The Labute approximate surface area is 72.0 Å². The molecule has 0 radical (unpaired) electrons. The van der Waals surface area contributed by atoms with Crippen molar-refractivity contribution in [3.05, 3.63) is 16.7 Å². The van der Waals surface area contributed by atoms with Crippen molar-refractivity contribution in [3.63, 3.8) is 0 Å². The SMILES string of the molecule is NC1=CC(N=O)C2CCCCC12. The van der Waals surface area contributed by atoms with Gasteiger partial charge in [0.05, 0.1) is 0 Å². The molecule has 0 aromatic carbocycles. The lowest BCUT2D eigenvalue weighted by Crippen LogP contribution is -2.24. The topological polar surface area (TPSA) is 55.4 Å². The Balaban J connectivity index is 2.17. The van der Waals surface area contributed by atoms with Crippen LogP contribution < -0.4 is 5.73 Å². The highest BCUT2D eigenvalue weighted by molar-refractivity contribution is 5.19. The van der Waals surface area contributed by atoms with Gasteiger partial charge in [-0.05, 0) is 24.8 Å². The second-order valence-corrected chi connectivity index (χ2v) is 3.82. The van der Waals surface area contributed by atoms with Gasteiger partial charge in [-0.15, -0.1) is 0 Å². The second-order valence-electron chi connectivity index (χ2n) is 3.82. The van der Waals surface area contributed by atoms with Crippen molar-refractivity contribution < 1.29 is 0 Å². The molecule has 0 aromatic heterocycles. The van der Waals surface area contributed by atoms with Crippen molar-refractivity contribution in [1.29, 1.82) is 0 Å². The summed E-state index contributed by atoms with van der Waals surface area (Å²) in [5, 5.41) is 3.12. The van der Waals surface area contributed by atoms with E-state index in [-0.39, 0.29) is 6.04 Å². The van der Waals surface area contributed by atoms with E-state index in [1.54, 1.807) is 0 Å². The number of nitrogens with two attached hydrogens (primary N) is 1. The number of nitroso groups, excluding NO2 is 1. The number of fused-ring (bicyclic) bond motifs is 1. The first-order chi connectivity index (χ1) is 5.83. The Bertz CT molecular complexity index is 225. The van der Waals surface area contributed by atoms with Gasteiger partial charge in [0.2, 0.25) is 0 Å². The number of nitrogens with zero attached hydrogens (tertiary/aromatic N) is 1. The molecule has 0 aliphatic heterocycles. The Morgan fingerprint density at radius 3 is 2.92 bits per heavy atom. The van der Waals surface area contributed by atoms with Gasteiger partial charge in [0.15, 0.2) is 0 Å². The fourth-order valence-electron chi connectivity index (χ4n) is 2.54. The van der Waals surface area contributed by atoms with E-state index in [9.17, 15) is 4.91 Å². The first kappa shape index (κ1) is 7.77. The highest BCUT2D eigenvalue weighted by atomic mass is 16.3. The number of rotatable bonds is 1. The monoisotopic (exact) mass is 166 g/mol. The van der Waals surface area contributed by atoms with Gasteiger partial charge in [0.1, 0.15) is 6.04 Å². The molecule has 0 heterocycles. The van der Waals surface area contributed by atoms with Crippen LogP contribution in [0.5, 0.6) is 0 Å². The molecular formula is C9H14N2O. The maximum Gasteiger partial charge on any atom is 0.115 e. The lowest BCUT2D eigenvalue weighted by molar-refractivity contribution is 0.273. The van der Waals surface area contributed by atoms with Crippen molar-refractivity contribution in [2.75, 3.05) is 0 Å². The van der Waals surface area contributed by atoms with Crippen LogP contribution in [-0.2, 0) is 0 Å². The predicted molar refractivity (Wildman–Crippen MR) is 47.3 cm³/mol. The third-order valence-electron chi connectivity index (χ3n) is 3.17. The predicted octanol–water partition coefficient (Wildman–Crippen LogP) is 1.78. The van der Waals surface area contributed by atoms with Crippen LogP contribution in [-0.4, -0.2) is 6.04 Å². The van der Waals surface area contributed by atoms with Crippen molar-refractivity contribution in [1.82, 2.24) is 0 Å². The minimum Gasteiger partial charge on any atom is -0.402 e. The van der Waals surface area contributed by atoms with Crippen LogP contribution in [0.3, 0.4) is 0 Å². The molecule has 0 bridgehead atoms. The maximum atomic E-state index is 10.5. The zero-order valence-electron chi connectivity index (χ0n) is 7.07. The van der Waals surface area contributed by atoms with Gasteiger partial charge in [-0.2, -0.15) is 4.91 Å². The van der Waals surface area contributed by atoms with Crippen LogP contribution in [0.4, 0.5) is 0 Å². The van der Waals surface area contributed by atoms with Crippen LogP contribution >= 0.6 is 0 Å². The summed E-state index contributed by atoms with van der Waals surface area (Å²) in [6, 6.07) is -0.129. The molecule has 1 fully saturated rings. The first-order valence-corrected chi connectivity index (χ1v) is 4.62. The summed E-state index contributed by atoms with van der Waals surface area (Å²) in [6.07, 6.45) is 6.61. The van der Waals surface area contributed by atoms with E-state index in [1.165, 1.54) is 12.8 Å². The van der Waals surface area contributed by atoms with Crippen molar-refractivity contribution >= 4 is 0 Å². The second kappa shape index (κ2) is 2.88. The standard InChI is InChI=1S/C9H14N2O/c10-8-5-9(11-12)7-4-2-1-3-6(7)8/h5-7,9H,1-4,10H2. The number of hydrogen-bond acceptors (Lipinski definition) is 3. The third-order valence-corrected chi connectivity index (χ3v) is 3.17. The molecule has 0 saturated heterocycles. The van der Waals surface area contributed by atoms with Gasteiger partial charge in [-0.1, -0.05) is 18.0 Å². The van der Waals surface area contributed by atoms with Crippen molar-refractivity contribution in [2.45, 2.75) is 31.7 Å². The Kier molecular flexibility index (Phi) is 1.87. The van der Waals surface area contributed by atoms with Crippen LogP contribution in [0.25, 0.3) is 0 Å². The molecule has 2 aliphatic carbocycles. The minimum absolute atomic E-state index is 0.129. The summed E-state index contributed by atoms with van der Waals surface area (Å²) in [6.45, 7) is 0. The van der Waals surface area contributed by atoms with Gasteiger partial charge in [-0.25, -0.2) is 0 Å². The number of hydrogen-bond donors (Lipinski definition) is 1. The summed E-state index contributed by atoms with van der Waals surface area (Å²) in [7, 11) is 0. The molecule has 2 rings (SSSR count).